The Hall–Kier alpha value is -3.39. The van der Waals surface area contributed by atoms with Crippen LogP contribution in [-0.4, -0.2) is 55.5 Å². The summed E-state index contributed by atoms with van der Waals surface area (Å²) in [5.41, 5.74) is 4.62. The van der Waals surface area contributed by atoms with Crippen LogP contribution in [0.1, 0.15) is 49.1 Å². The molecule has 1 fully saturated rings. The first-order chi connectivity index (χ1) is 17.0. The van der Waals surface area contributed by atoms with E-state index in [0.717, 1.165) is 24.0 Å². The first-order valence-electron chi connectivity index (χ1n) is 12.1. The van der Waals surface area contributed by atoms with E-state index in [1.165, 1.54) is 18.2 Å². The molecule has 35 heavy (non-hydrogen) atoms. The molecule has 8 heteroatoms. The van der Waals surface area contributed by atoms with Gasteiger partial charge in [-0.2, -0.15) is 0 Å². The summed E-state index contributed by atoms with van der Waals surface area (Å²) in [6.07, 6.45) is 1.86. The van der Waals surface area contributed by atoms with Gasteiger partial charge in [0.1, 0.15) is 6.61 Å². The highest BCUT2D eigenvalue weighted by atomic mass is 16.5. The zero-order chi connectivity index (χ0) is 24.8. The van der Waals surface area contributed by atoms with Crippen LogP contribution in [0.15, 0.2) is 48.5 Å². The van der Waals surface area contributed by atoms with E-state index < -0.39 is 18.2 Å². The van der Waals surface area contributed by atoms with Crippen LogP contribution < -0.4 is 10.6 Å². The van der Waals surface area contributed by atoms with Crippen LogP contribution in [0.5, 0.6) is 0 Å². The summed E-state index contributed by atoms with van der Waals surface area (Å²) in [6.45, 7) is 0.412. The predicted octanol–water partition coefficient (Wildman–Crippen LogP) is 3.69. The van der Waals surface area contributed by atoms with Crippen LogP contribution in [0.4, 0.5) is 4.79 Å². The van der Waals surface area contributed by atoms with E-state index in [1.807, 2.05) is 24.3 Å². The molecule has 1 saturated carbocycles. The fourth-order valence-electron chi connectivity index (χ4n) is 5.21. The molecule has 0 bridgehead atoms. The van der Waals surface area contributed by atoms with Gasteiger partial charge in [0.2, 0.25) is 5.91 Å². The summed E-state index contributed by atoms with van der Waals surface area (Å²) in [4.78, 5) is 36.6. The Labute approximate surface area is 205 Å². The second-order valence-corrected chi connectivity index (χ2v) is 9.11. The molecule has 0 aliphatic heterocycles. The SMILES string of the molecule is COC(CCNC(=O)[C@@H]1CCCC[C@@H]1NC(=O)OCC1c2ccccc2-c2ccccc21)C(=O)O. The molecule has 4 rings (SSSR count). The Morgan fingerprint density at radius 2 is 1.63 bits per heavy atom. The van der Waals surface area contributed by atoms with Crippen molar-refractivity contribution < 1.29 is 29.0 Å². The highest BCUT2D eigenvalue weighted by molar-refractivity contribution is 5.81. The summed E-state index contributed by atoms with van der Waals surface area (Å²) in [5.74, 6) is -1.65. The Morgan fingerprint density at radius 3 is 2.26 bits per heavy atom. The van der Waals surface area contributed by atoms with Gasteiger partial charge in [-0.05, 0) is 35.1 Å². The number of rotatable bonds is 9. The third-order valence-electron chi connectivity index (χ3n) is 7.02. The van der Waals surface area contributed by atoms with Crippen molar-refractivity contribution in [2.75, 3.05) is 20.3 Å². The molecule has 2 aliphatic rings. The summed E-state index contributed by atoms with van der Waals surface area (Å²) in [6, 6.07) is 16.0. The average Bonchev–Trinajstić information content (AvgIpc) is 3.19. The zero-order valence-corrected chi connectivity index (χ0v) is 19.9. The molecule has 2 aromatic rings. The minimum atomic E-state index is -1.06. The maximum absolute atomic E-state index is 12.8. The molecule has 1 unspecified atom stereocenters. The van der Waals surface area contributed by atoms with Crippen molar-refractivity contribution in [1.29, 1.82) is 0 Å². The van der Waals surface area contributed by atoms with E-state index in [-0.39, 0.29) is 43.4 Å². The number of carboxylic acids is 1. The third-order valence-corrected chi connectivity index (χ3v) is 7.02. The van der Waals surface area contributed by atoms with E-state index in [2.05, 4.69) is 34.9 Å². The van der Waals surface area contributed by atoms with E-state index in [1.54, 1.807) is 0 Å². The number of carbonyl (C=O) groups excluding carboxylic acids is 2. The number of nitrogens with one attached hydrogen (secondary N) is 2. The van der Waals surface area contributed by atoms with Gasteiger partial charge < -0.3 is 25.2 Å². The van der Waals surface area contributed by atoms with Gasteiger partial charge in [0.25, 0.3) is 0 Å². The molecule has 2 amide bonds. The molecule has 0 saturated heterocycles. The quantitative estimate of drug-likeness (QED) is 0.504. The van der Waals surface area contributed by atoms with Gasteiger partial charge in [-0.25, -0.2) is 9.59 Å². The van der Waals surface area contributed by atoms with Crippen LogP contribution in [0.3, 0.4) is 0 Å². The lowest BCUT2D eigenvalue weighted by atomic mass is 9.84. The normalized spacial score (nSPS) is 19.8. The number of carboxylic acid groups (broad SMARTS) is 1. The van der Waals surface area contributed by atoms with Crippen molar-refractivity contribution in [3.63, 3.8) is 0 Å². The van der Waals surface area contributed by atoms with Gasteiger partial charge in [0.15, 0.2) is 6.10 Å². The minimum Gasteiger partial charge on any atom is -0.479 e. The van der Waals surface area contributed by atoms with Crippen molar-refractivity contribution in [2.45, 2.75) is 50.2 Å². The van der Waals surface area contributed by atoms with Gasteiger partial charge in [-0.15, -0.1) is 0 Å². The number of fused-ring (bicyclic) bond motifs is 3. The van der Waals surface area contributed by atoms with Gasteiger partial charge in [-0.3, -0.25) is 4.79 Å². The summed E-state index contributed by atoms with van der Waals surface area (Å²) in [7, 11) is 1.33. The van der Waals surface area contributed by atoms with Crippen LogP contribution in [0.25, 0.3) is 11.1 Å². The monoisotopic (exact) mass is 480 g/mol. The average molecular weight is 481 g/mol. The van der Waals surface area contributed by atoms with E-state index >= 15 is 0 Å². The van der Waals surface area contributed by atoms with Gasteiger partial charge in [-0.1, -0.05) is 61.4 Å². The lowest BCUT2D eigenvalue weighted by Gasteiger charge is -2.31. The molecule has 2 aromatic carbocycles. The first kappa shape index (κ1) is 24.7. The third kappa shape index (κ3) is 5.65. The summed E-state index contributed by atoms with van der Waals surface area (Å²) >= 11 is 0. The fourth-order valence-corrected chi connectivity index (χ4v) is 5.21. The second kappa shape index (κ2) is 11.4. The molecule has 2 aliphatic carbocycles. The molecule has 186 valence electrons. The van der Waals surface area contributed by atoms with Crippen LogP contribution in [0, 0.1) is 5.92 Å². The van der Waals surface area contributed by atoms with Crippen molar-refractivity contribution in [3.05, 3.63) is 59.7 Å². The Kier molecular flexibility index (Phi) is 8.02. The van der Waals surface area contributed by atoms with Crippen molar-refractivity contribution in [2.24, 2.45) is 5.92 Å². The van der Waals surface area contributed by atoms with E-state index in [0.29, 0.717) is 12.8 Å². The Bertz CT molecular complexity index is 1030. The topological polar surface area (TPSA) is 114 Å². The number of hydrogen-bond donors (Lipinski definition) is 3. The number of carbonyl (C=O) groups is 3. The predicted molar refractivity (Wildman–Crippen MR) is 130 cm³/mol. The standard InChI is InChI=1S/C27H32N2O6/c1-34-24(26(31)32)14-15-28-25(30)21-12-6-7-13-23(21)29-27(33)35-16-22-19-10-4-2-8-17(19)18-9-3-5-11-20(18)22/h2-5,8-11,21-24H,6-7,12-16H2,1H3,(H,28,30)(H,29,33)(H,31,32)/t21-,23+,24?/m1/s1. The number of hydrogen-bond acceptors (Lipinski definition) is 5. The summed E-state index contributed by atoms with van der Waals surface area (Å²) < 4.78 is 10.6. The Balaban J connectivity index is 1.32. The number of benzene rings is 2. The highest BCUT2D eigenvalue weighted by Crippen LogP contribution is 2.44. The smallest absolute Gasteiger partial charge is 0.407 e. The number of amides is 2. The van der Waals surface area contributed by atoms with Crippen LogP contribution in [0.2, 0.25) is 0 Å². The molecular weight excluding hydrogens is 448 g/mol. The number of alkyl carbamates (subject to hydrolysis) is 1. The van der Waals surface area contributed by atoms with Crippen LogP contribution >= 0.6 is 0 Å². The largest absolute Gasteiger partial charge is 0.479 e. The van der Waals surface area contributed by atoms with Crippen molar-refractivity contribution in [1.82, 2.24) is 10.6 Å². The number of ether oxygens (including phenoxy) is 2. The van der Waals surface area contributed by atoms with Gasteiger partial charge in [0, 0.05) is 32.0 Å². The highest BCUT2D eigenvalue weighted by Gasteiger charge is 2.33. The maximum Gasteiger partial charge on any atom is 0.407 e. The van der Waals surface area contributed by atoms with E-state index in [9.17, 15) is 14.4 Å². The number of methoxy groups -OCH3 is 1. The fraction of sp³-hybridized carbons (Fsp3) is 0.444. The van der Waals surface area contributed by atoms with Gasteiger partial charge in [0.05, 0.1) is 5.92 Å². The molecule has 3 atom stereocenters. The maximum atomic E-state index is 12.8. The molecule has 0 radical (unpaired) electrons. The second-order valence-electron chi connectivity index (χ2n) is 9.11. The first-order valence-corrected chi connectivity index (χ1v) is 12.1. The summed E-state index contributed by atoms with van der Waals surface area (Å²) in [5, 5.41) is 14.8. The molecular formula is C27H32N2O6. The number of aliphatic carboxylic acids is 1. The Morgan fingerprint density at radius 1 is 1.00 bits per heavy atom. The molecule has 0 spiro atoms. The lowest BCUT2D eigenvalue weighted by molar-refractivity contribution is -0.149. The zero-order valence-electron chi connectivity index (χ0n) is 19.9. The van der Waals surface area contributed by atoms with Crippen LogP contribution in [-0.2, 0) is 19.1 Å². The molecule has 8 nitrogen and oxygen atoms in total. The van der Waals surface area contributed by atoms with Gasteiger partial charge >= 0.3 is 12.1 Å². The molecule has 3 N–H and O–H groups in total. The minimum absolute atomic E-state index is 0.0263. The molecule has 0 aromatic heterocycles. The van der Waals surface area contributed by atoms with E-state index in [4.69, 9.17) is 14.6 Å². The van der Waals surface area contributed by atoms with Crippen molar-refractivity contribution >= 4 is 18.0 Å². The molecule has 0 heterocycles. The lowest BCUT2D eigenvalue weighted by Crippen LogP contribution is -2.49. The van der Waals surface area contributed by atoms with Crippen molar-refractivity contribution in [3.8, 4) is 11.1 Å².